The Labute approximate surface area is 79.2 Å². The van der Waals surface area contributed by atoms with E-state index in [4.69, 9.17) is 0 Å². The van der Waals surface area contributed by atoms with Crippen molar-refractivity contribution in [1.82, 2.24) is 15.3 Å². The minimum Gasteiger partial charge on any atom is -0.315 e. The van der Waals surface area contributed by atoms with Gasteiger partial charge in [0.2, 0.25) is 5.16 Å². The summed E-state index contributed by atoms with van der Waals surface area (Å²) in [6, 6.07) is 1.73. The largest absolute Gasteiger partial charge is 0.315 e. The van der Waals surface area contributed by atoms with Crippen molar-refractivity contribution in [2.75, 3.05) is 13.1 Å². The van der Waals surface area contributed by atoms with Gasteiger partial charge in [0.05, 0.1) is 16.0 Å². The molecule has 1 fully saturated rings. The normalized spacial score (nSPS) is 24.5. The maximum Gasteiger partial charge on any atom is 0.218 e. The molecule has 5 heteroatoms. The molecule has 1 aliphatic rings. The van der Waals surface area contributed by atoms with Crippen LogP contribution in [-0.2, 0) is 10.8 Å². The monoisotopic (exact) mass is 197 g/mol. The quantitative estimate of drug-likeness (QED) is 0.675. The second kappa shape index (κ2) is 3.93. The lowest BCUT2D eigenvalue weighted by atomic mass is 10.4. The van der Waals surface area contributed by atoms with Crippen molar-refractivity contribution < 1.29 is 4.21 Å². The second-order valence-electron chi connectivity index (χ2n) is 2.94. The van der Waals surface area contributed by atoms with Gasteiger partial charge in [0.15, 0.2) is 0 Å². The highest BCUT2D eigenvalue weighted by Gasteiger charge is 2.23. The Morgan fingerprint density at radius 3 is 2.85 bits per heavy atom. The molecule has 1 aromatic heterocycles. The van der Waals surface area contributed by atoms with Crippen LogP contribution in [0.15, 0.2) is 23.6 Å². The zero-order chi connectivity index (χ0) is 9.10. The van der Waals surface area contributed by atoms with E-state index in [1.807, 2.05) is 0 Å². The van der Waals surface area contributed by atoms with Crippen LogP contribution in [0.3, 0.4) is 0 Å². The van der Waals surface area contributed by atoms with Gasteiger partial charge >= 0.3 is 0 Å². The maximum atomic E-state index is 11.8. The summed E-state index contributed by atoms with van der Waals surface area (Å²) in [5.41, 5.74) is 0. The Hall–Kier alpha value is -0.810. The summed E-state index contributed by atoms with van der Waals surface area (Å²) in [4.78, 5) is 7.97. The average Bonchev–Trinajstić information content (AvgIpc) is 2.71. The van der Waals surface area contributed by atoms with Crippen LogP contribution in [-0.4, -0.2) is 32.5 Å². The molecule has 0 aliphatic carbocycles. The molecule has 13 heavy (non-hydrogen) atoms. The van der Waals surface area contributed by atoms with Gasteiger partial charge in [0.1, 0.15) is 0 Å². The number of hydrogen-bond acceptors (Lipinski definition) is 4. The van der Waals surface area contributed by atoms with Gasteiger partial charge in [-0.05, 0) is 19.0 Å². The second-order valence-corrected chi connectivity index (χ2v) is 4.57. The summed E-state index contributed by atoms with van der Waals surface area (Å²) < 4.78 is 11.8. The molecule has 1 aliphatic heterocycles. The van der Waals surface area contributed by atoms with Gasteiger partial charge in [-0.25, -0.2) is 9.97 Å². The van der Waals surface area contributed by atoms with E-state index in [0.29, 0.717) is 5.16 Å². The third kappa shape index (κ3) is 1.92. The van der Waals surface area contributed by atoms with Crippen molar-refractivity contribution in [3.63, 3.8) is 0 Å². The molecule has 0 amide bonds. The number of nitrogens with zero attached hydrogens (tertiary/aromatic N) is 2. The first kappa shape index (κ1) is 8.77. The minimum atomic E-state index is -1.04. The van der Waals surface area contributed by atoms with Gasteiger partial charge in [-0.2, -0.15) is 0 Å². The number of hydrogen-bond donors (Lipinski definition) is 1. The predicted octanol–water partition coefficient (Wildman–Crippen LogP) is -0.0539. The number of aromatic nitrogens is 2. The average molecular weight is 197 g/mol. The highest BCUT2D eigenvalue weighted by molar-refractivity contribution is 7.85. The third-order valence-electron chi connectivity index (χ3n) is 2.04. The Kier molecular flexibility index (Phi) is 2.65. The van der Waals surface area contributed by atoms with Crippen molar-refractivity contribution in [3.8, 4) is 0 Å². The van der Waals surface area contributed by atoms with Crippen LogP contribution in [0.2, 0.25) is 0 Å². The summed E-state index contributed by atoms with van der Waals surface area (Å²) >= 11 is 0. The van der Waals surface area contributed by atoms with Gasteiger partial charge in [-0.3, -0.25) is 4.21 Å². The summed E-state index contributed by atoms with van der Waals surface area (Å²) in [6.07, 6.45) is 4.20. The van der Waals surface area contributed by atoms with Crippen molar-refractivity contribution in [1.29, 1.82) is 0 Å². The summed E-state index contributed by atoms with van der Waals surface area (Å²) in [7, 11) is -1.04. The van der Waals surface area contributed by atoms with Crippen LogP contribution in [0.25, 0.3) is 0 Å². The first-order chi connectivity index (χ1) is 6.38. The van der Waals surface area contributed by atoms with Crippen LogP contribution in [0, 0.1) is 0 Å². The van der Waals surface area contributed by atoms with Gasteiger partial charge in [-0.1, -0.05) is 0 Å². The molecular formula is C8H11N3OS. The fourth-order valence-electron chi connectivity index (χ4n) is 1.35. The van der Waals surface area contributed by atoms with Crippen LogP contribution in [0.1, 0.15) is 6.42 Å². The molecule has 4 nitrogen and oxygen atoms in total. The molecule has 2 atom stereocenters. The van der Waals surface area contributed by atoms with E-state index < -0.39 is 10.8 Å². The van der Waals surface area contributed by atoms with E-state index in [1.54, 1.807) is 18.5 Å². The molecule has 1 aromatic rings. The van der Waals surface area contributed by atoms with E-state index in [2.05, 4.69) is 15.3 Å². The summed E-state index contributed by atoms with van der Waals surface area (Å²) in [5, 5.41) is 3.81. The molecule has 2 heterocycles. The lowest BCUT2D eigenvalue weighted by Crippen LogP contribution is -2.20. The third-order valence-corrected chi connectivity index (χ3v) is 3.62. The molecule has 0 saturated carbocycles. The van der Waals surface area contributed by atoms with Crippen LogP contribution in [0.5, 0.6) is 0 Å². The highest BCUT2D eigenvalue weighted by atomic mass is 32.2. The topological polar surface area (TPSA) is 54.9 Å². The summed E-state index contributed by atoms with van der Waals surface area (Å²) in [5.74, 6) is 0. The van der Waals surface area contributed by atoms with Gasteiger partial charge < -0.3 is 5.32 Å². The Morgan fingerprint density at radius 2 is 2.23 bits per heavy atom. The molecule has 0 bridgehead atoms. The maximum absolute atomic E-state index is 11.8. The van der Waals surface area contributed by atoms with E-state index in [1.165, 1.54) is 0 Å². The lowest BCUT2D eigenvalue weighted by molar-refractivity contribution is 0.664. The fraction of sp³-hybridized carbons (Fsp3) is 0.500. The number of nitrogens with one attached hydrogen (secondary N) is 1. The van der Waals surface area contributed by atoms with E-state index in [-0.39, 0.29) is 5.25 Å². The standard InChI is InChI=1S/C8H11N3OS/c12-13(7-2-5-9-6-7)8-10-3-1-4-11-8/h1,3-4,7,9H,2,5-6H2/t7-,13?/m0/s1. The molecule has 0 aromatic carbocycles. The minimum absolute atomic E-state index is 0.183. The van der Waals surface area contributed by atoms with Crippen molar-refractivity contribution >= 4 is 10.8 Å². The van der Waals surface area contributed by atoms with Crippen molar-refractivity contribution in [2.45, 2.75) is 16.8 Å². The van der Waals surface area contributed by atoms with Gasteiger partial charge in [0, 0.05) is 18.9 Å². The Bertz CT molecular complexity index is 298. The van der Waals surface area contributed by atoms with E-state index >= 15 is 0 Å². The number of rotatable bonds is 2. The molecule has 0 spiro atoms. The van der Waals surface area contributed by atoms with Gasteiger partial charge in [-0.15, -0.1) is 0 Å². The molecular weight excluding hydrogens is 186 g/mol. The van der Waals surface area contributed by atoms with Gasteiger partial charge in [0.25, 0.3) is 0 Å². The highest BCUT2D eigenvalue weighted by Crippen LogP contribution is 2.11. The van der Waals surface area contributed by atoms with Crippen LogP contribution >= 0.6 is 0 Å². The zero-order valence-corrected chi connectivity index (χ0v) is 7.96. The van der Waals surface area contributed by atoms with Crippen molar-refractivity contribution in [2.24, 2.45) is 0 Å². The summed E-state index contributed by atoms with van der Waals surface area (Å²) in [6.45, 7) is 1.76. The SMILES string of the molecule is O=S(c1ncccn1)[C@H]1CCNC1. The Balaban J connectivity index is 2.13. The van der Waals surface area contributed by atoms with E-state index in [9.17, 15) is 4.21 Å². The predicted molar refractivity (Wildman–Crippen MR) is 49.7 cm³/mol. The molecule has 1 saturated heterocycles. The first-order valence-electron chi connectivity index (χ1n) is 4.26. The fourth-order valence-corrected chi connectivity index (χ4v) is 2.58. The molecule has 1 unspecified atom stereocenters. The lowest BCUT2D eigenvalue weighted by Gasteiger charge is -2.05. The zero-order valence-electron chi connectivity index (χ0n) is 7.14. The first-order valence-corrected chi connectivity index (χ1v) is 5.47. The van der Waals surface area contributed by atoms with E-state index in [0.717, 1.165) is 19.5 Å². The molecule has 1 N–H and O–H groups in total. The van der Waals surface area contributed by atoms with Crippen molar-refractivity contribution in [3.05, 3.63) is 18.5 Å². The smallest absolute Gasteiger partial charge is 0.218 e. The molecule has 70 valence electrons. The van der Waals surface area contributed by atoms with Crippen LogP contribution in [0.4, 0.5) is 0 Å². The van der Waals surface area contributed by atoms with Crippen LogP contribution < -0.4 is 5.32 Å². The molecule has 0 radical (unpaired) electrons. The Morgan fingerprint density at radius 1 is 1.46 bits per heavy atom. The molecule has 2 rings (SSSR count).